The van der Waals surface area contributed by atoms with Crippen LogP contribution in [0.15, 0.2) is 42.5 Å². The molecule has 1 N–H and O–H groups in total. The average Bonchev–Trinajstić information content (AvgIpc) is 2.65. The van der Waals surface area contributed by atoms with Gasteiger partial charge in [-0.05, 0) is 48.7 Å². The SMILES string of the molecule is CC(NC(=O)COC(=O)CCc1ccc(C#N)cc1)c1ccc(Cl)cc1Cl. The lowest BCUT2D eigenvalue weighted by atomic mass is 10.1. The third-order valence-corrected chi connectivity index (χ3v) is 4.43. The number of carbonyl (C=O) groups is 2. The molecule has 5 nitrogen and oxygen atoms in total. The maximum Gasteiger partial charge on any atom is 0.306 e. The third-order valence-electron chi connectivity index (χ3n) is 3.87. The van der Waals surface area contributed by atoms with Gasteiger partial charge in [0.25, 0.3) is 5.91 Å². The Kier molecular flexibility index (Phi) is 7.66. The van der Waals surface area contributed by atoms with Crippen LogP contribution in [0.2, 0.25) is 10.0 Å². The quantitative estimate of drug-likeness (QED) is 0.700. The molecule has 27 heavy (non-hydrogen) atoms. The molecule has 1 atom stereocenters. The first-order valence-electron chi connectivity index (χ1n) is 8.28. The van der Waals surface area contributed by atoms with E-state index in [1.807, 2.05) is 6.07 Å². The molecule has 0 radical (unpaired) electrons. The second kappa shape index (κ2) is 9.96. The first-order chi connectivity index (χ1) is 12.9. The summed E-state index contributed by atoms with van der Waals surface area (Å²) < 4.78 is 5.00. The largest absolute Gasteiger partial charge is 0.456 e. The van der Waals surface area contributed by atoms with Crippen molar-refractivity contribution in [1.82, 2.24) is 5.32 Å². The van der Waals surface area contributed by atoms with E-state index in [1.54, 1.807) is 49.4 Å². The molecule has 2 aromatic carbocycles. The predicted octanol–water partition coefficient (Wildman–Crippen LogP) is 4.22. The molecular weight excluding hydrogens is 387 g/mol. The highest BCUT2D eigenvalue weighted by Crippen LogP contribution is 2.25. The van der Waals surface area contributed by atoms with Gasteiger partial charge in [0.15, 0.2) is 6.61 Å². The number of halogens is 2. The number of hydrogen-bond acceptors (Lipinski definition) is 4. The van der Waals surface area contributed by atoms with E-state index >= 15 is 0 Å². The number of ether oxygens (including phenoxy) is 1. The Morgan fingerprint density at radius 1 is 1.19 bits per heavy atom. The summed E-state index contributed by atoms with van der Waals surface area (Å²) in [6.07, 6.45) is 0.626. The highest BCUT2D eigenvalue weighted by molar-refractivity contribution is 6.35. The number of aryl methyl sites for hydroxylation is 1. The van der Waals surface area contributed by atoms with Crippen LogP contribution >= 0.6 is 23.2 Å². The monoisotopic (exact) mass is 404 g/mol. The van der Waals surface area contributed by atoms with E-state index < -0.39 is 11.9 Å². The fraction of sp³-hybridized carbons (Fsp3) is 0.250. The van der Waals surface area contributed by atoms with E-state index in [2.05, 4.69) is 5.32 Å². The molecule has 0 aliphatic rings. The minimum Gasteiger partial charge on any atom is -0.456 e. The van der Waals surface area contributed by atoms with Crippen molar-refractivity contribution >= 4 is 35.1 Å². The molecule has 0 saturated heterocycles. The zero-order valence-electron chi connectivity index (χ0n) is 14.7. The third kappa shape index (κ3) is 6.59. The minimum absolute atomic E-state index is 0.151. The van der Waals surface area contributed by atoms with Crippen LogP contribution < -0.4 is 5.32 Å². The molecule has 0 aliphatic carbocycles. The molecule has 0 aliphatic heterocycles. The van der Waals surface area contributed by atoms with E-state index in [0.717, 1.165) is 11.1 Å². The number of hydrogen-bond donors (Lipinski definition) is 1. The molecule has 140 valence electrons. The highest BCUT2D eigenvalue weighted by atomic mass is 35.5. The van der Waals surface area contributed by atoms with Crippen molar-refractivity contribution in [3.8, 4) is 6.07 Å². The Labute approximate surface area is 167 Å². The lowest BCUT2D eigenvalue weighted by Gasteiger charge is -2.16. The van der Waals surface area contributed by atoms with Crippen LogP contribution in [0.3, 0.4) is 0 Å². The van der Waals surface area contributed by atoms with Gasteiger partial charge in [-0.15, -0.1) is 0 Å². The number of benzene rings is 2. The number of rotatable bonds is 7. The van der Waals surface area contributed by atoms with Gasteiger partial charge in [0.2, 0.25) is 0 Å². The molecule has 7 heteroatoms. The number of esters is 1. The van der Waals surface area contributed by atoms with Gasteiger partial charge in [-0.1, -0.05) is 41.4 Å². The Morgan fingerprint density at radius 3 is 2.52 bits per heavy atom. The second-order valence-corrected chi connectivity index (χ2v) is 6.77. The Hall–Kier alpha value is -2.55. The average molecular weight is 405 g/mol. The van der Waals surface area contributed by atoms with E-state index in [9.17, 15) is 9.59 Å². The summed E-state index contributed by atoms with van der Waals surface area (Å²) >= 11 is 12.0. The molecule has 2 rings (SSSR count). The molecule has 0 fully saturated rings. The minimum atomic E-state index is -0.466. The van der Waals surface area contributed by atoms with E-state index in [1.165, 1.54) is 0 Å². The topological polar surface area (TPSA) is 79.2 Å². The number of nitrogens with zero attached hydrogens (tertiary/aromatic N) is 1. The van der Waals surface area contributed by atoms with Crippen molar-refractivity contribution < 1.29 is 14.3 Å². The van der Waals surface area contributed by atoms with Crippen molar-refractivity contribution in [2.75, 3.05) is 6.61 Å². The van der Waals surface area contributed by atoms with Gasteiger partial charge < -0.3 is 10.1 Å². The first-order valence-corrected chi connectivity index (χ1v) is 9.03. The summed E-state index contributed by atoms with van der Waals surface area (Å²) in [5.41, 5.74) is 2.20. The van der Waals surface area contributed by atoms with Gasteiger partial charge in [-0.25, -0.2) is 0 Å². The standard InChI is InChI=1S/C20H18Cl2N2O3/c1-13(17-8-7-16(21)10-18(17)22)24-19(25)12-27-20(26)9-6-14-2-4-15(11-23)5-3-14/h2-5,7-8,10,13H,6,9,12H2,1H3,(H,24,25). The smallest absolute Gasteiger partial charge is 0.306 e. The lowest BCUT2D eigenvalue weighted by molar-refractivity contribution is -0.148. The van der Waals surface area contributed by atoms with Crippen molar-refractivity contribution in [3.05, 3.63) is 69.2 Å². The molecule has 0 heterocycles. The van der Waals surface area contributed by atoms with Gasteiger partial charge in [-0.2, -0.15) is 5.26 Å². The number of amides is 1. The van der Waals surface area contributed by atoms with Crippen molar-refractivity contribution in [3.63, 3.8) is 0 Å². The molecule has 0 bridgehead atoms. The van der Waals surface area contributed by atoms with Crippen molar-refractivity contribution in [1.29, 1.82) is 5.26 Å². The summed E-state index contributed by atoms with van der Waals surface area (Å²) in [6, 6.07) is 13.7. The summed E-state index contributed by atoms with van der Waals surface area (Å²) in [7, 11) is 0. The molecule has 0 aromatic heterocycles. The second-order valence-electron chi connectivity index (χ2n) is 5.92. The summed E-state index contributed by atoms with van der Waals surface area (Å²) in [4.78, 5) is 23.8. The van der Waals surface area contributed by atoms with Gasteiger partial charge in [0, 0.05) is 16.5 Å². The number of carbonyl (C=O) groups excluding carboxylic acids is 2. The fourth-order valence-corrected chi connectivity index (χ4v) is 3.00. The normalized spacial score (nSPS) is 11.3. The van der Waals surface area contributed by atoms with Crippen molar-refractivity contribution in [2.24, 2.45) is 0 Å². The van der Waals surface area contributed by atoms with Gasteiger partial charge in [0.05, 0.1) is 17.7 Å². The number of nitriles is 1. The van der Waals surface area contributed by atoms with Gasteiger partial charge in [-0.3, -0.25) is 9.59 Å². The highest BCUT2D eigenvalue weighted by Gasteiger charge is 2.14. The molecule has 2 aromatic rings. The van der Waals surface area contributed by atoms with Crippen LogP contribution in [0.1, 0.15) is 36.1 Å². The fourth-order valence-electron chi connectivity index (χ4n) is 2.42. The molecule has 1 amide bonds. The summed E-state index contributed by atoms with van der Waals surface area (Å²) in [6.45, 7) is 1.42. The zero-order valence-corrected chi connectivity index (χ0v) is 16.2. The zero-order chi connectivity index (χ0) is 19.8. The lowest BCUT2D eigenvalue weighted by Crippen LogP contribution is -2.31. The summed E-state index contributed by atoms with van der Waals surface area (Å²) in [5.74, 6) is -0.882. The Bertz CT molecular complexity index is 861. The molecule has 1 unspecified atom stereocenters. The van der Waals surface area contributed by atoms with Crippen LogP contribution in [0.5, 0.6) is 0 Å². The van der Waals surface area contributed by atoms with E-state index in [0.29, 0.717) is 22.0 Å². The predicted molar refractivity (Wildman–Crippen MR) is 103 cm³/mol. The van der Waals surface area contributed by atoms with Crippen LogP contribution in [-0.4, -0.2) is 18.5 Å². The number of nitrogens with one attached hydrogen (secondary N) is 1. The van der Waals surface area contributed by atoms with Crippen LogP contribution in [0, 0.1) is 11.3 Å². The molecule has 0 spiro atoms. The maximum atomic E-state index is 12.0. The van der Waals surface area contributed by atoms with Crippen LogP contribution in [0.4, 0.5) is 0 Å². The van der Waals surface area contributed by atoms with Gasteiger partial charge >= 0.3 is 5.97 Å². The Morgan fingerprint density at radius 2 is 1.89 bits per heavy atom. The molecule has 0 saturated carbocycles. The van der Waals surface area contributed by atoms with Crippen molar-refractivity contribution in [2.45, 2.75) is 25.8 Å². The summed E-state index contributed by atoms with van der Waals surface area (Å²) in [5, 5.41) is 12.4. The maximum absolute atomic E-state index is 12.0. The first kappa shape index (κ1) is 20.8. The Balaban J connectivity index is 1.75. The van der Waals surface area contributed by atoms with Crippen LogP contribution in [-0.2, 0) is 20.7 Å². The molecular formula is C20H18Cl2N2O3. The van der Waals surface area contributed by atoms with Crippen LogP contribution in [0.25, 0.3) is 0 Å². The van der Waals surface area contributed by atoms with E-state index in [4.69, 9.17) is 33.2 Å². The van der Waals surface area contributed by atoms with Gasteiger partial charge in [0.1, 0.15) is 0 Å². The van der Waals surface area contributed by atoms with E-state index in [-0.39, 0.29) is 19.1 Å².